The van der Waals surface area contributed by atoms with E-state index < -0.39 is 0 Å². The number of methoxy groups -OCH3 is 1. The molecule has 2 amide bonds. The number of ether oxygens (including phenoxy) is 2. The summed E-state index contributed by atoms with van der Waals surface area (Å²) in [6.07, 6.45) is 11.9. The maximum absolute atomic E-state index is 14.4. The van der Waals surface area contributed by atoms with Gasteiger partial charge in [0.15, 0.2) is 0 Å². The topological polar surface area (TPSA) is 106 Å². The Morgan fingerprint density at radius 3 is 2.46 bits per heavy atom. The van der Waals surface area contributed by atoms with Crippen LogP contribution in [0.25, 0.3) is 11.1 Å². The van der Waals surface area contributed by atoms with Crippen molar-refractivity contribution < 1.29 is 24.2 Å². The Balaban J connectivity index is 1.27. The van der Waals surface area contributed by atoms with Gasteiger partial charge in [-0.3, -0.25) is 14.3 Å². The molecule has 2 aliphatic carbocycles. The Labute approximate surface area is 286 Å². The van der Waals surface area contributed by atoms with E-state index in [-0.39, 0.29) is 43.0 Å². The Hall–Kier alpha value is -3.69. The van der Waals surface area contributed by atoms with Crippen LogP contribution in [0.1, 0.15) is 94.7 Å². The summed E-state index contributed by atoms with van der Waals surface area (Å²) in [6, 6.07) is 15.3. The number of nitrogens with one attached hydrogen (secondary N) is 1. The van der Waals surface area contributed by atoms with E-state index in [0.29, 0.717) is 31.4 Å². The smallest absolute Gasteiger partial charge is 0.246 e. The van der Waals surface area contributed by atoms with E-state index in [4.69, 9.17) is 14.6 Å². The number of hydrogen-bond donors (Lipinski definition) is 2. The Kier molecular flexibility index (Phi) is 12.7. The number of aliphatic hydroxyl groups is 1. The minimum atomic E-state index is -0.137. The number of carbonyl (C=O) groups is 2. The largest absolute Gasteiger partial charge is 0.496 e. The van der Waals surface area contributed by atoms with Crippen LogP contribution in [0.4, 0.5) is 5.69 Å². The Morgan fingerprint density at radius 2 is 1.79 bits per heavy atom. The van der Waals surface area contributed by atoms with Crippen LogP contribution in [0.15, 0.2) is 54.9 Å². The molecule has 260 valence electrons. The van der Waals surface area contributed by atoms with Crippen molar-refractivity contribution in [1.82, 2.24) is 15.1 Å². The van der Waals surface area contributed by atoms with Crippen molar-refractivity contribution >= 4 is 17.5 Å². The number of aryl methyl sites for hydroxylation is 1. The van der Waals surface area contributed by atoms with Gasteiger partial charge in [0, 0.05) is 55.2 Å². The number of benzene rings is 2. The third-order valence-corrected chi connectivity index (χ3v) is 10.2. The number of aromatic nitrogens is 2. The summed E-state index contributed by atoms with van der Waals surface area (Å²) in [5.74, 6) is 1.86. The molecule has 9 heteroatoms. The standard InChI is InChI=1S/C39H54N4O5/c1-27(2)43-25-34(23-40-43)32-7-5-8-36(22-32)42(24-29-9-11-30(12-10-29)33-15-18-37(47-4)28(3)21-33)39(46)31-13-16-35(17-14-31)41-38(45)26-48-20-6-19-44/h5,7-8,15,18,21-23,25,27,29-31,35,44H,6,9-14,16-17,19-20,24,26H2,1-4H3,(H,41,45)/t29-,30-,31-,35-. The van der Waals surface area contributed by atoms with Gasteiger partial charge in [0.25, 0.3) is 0 Å². The molecule has 0 unspecified atom stereocenters. The lowest BCUT2D eigenvalue weighted by Gasteiger charge is -2.36. The second-order valence-corrected chi connectivity index (χ2v) is 14.0. The molecule has 1 aromatic heterocycles. The second-order valence-electron chi connectivity index (χ2n) is 14.0. The molecule has 1 heterocycles. The van der Waals surface area contributed by atoms with Gasteiger partial charge in [-0.15, -0.1) is 0 Å². The summed E-state index contributed by atoms with van der Waals surface area (Å²) in [6.45, 7) is 7.47. The highest BCUT2D eigenvalue weighted by molar-refractivity contribution is 5.95. The van der Waals surface area contributed by atoms with Crippen molar-refractivity contribution in [3.05, 3.63) is 66.0 Å². The third kappa shape index (κ3) is 9.26. The van der Waals surface area contributed by atoms with Crippen LogP contribution in [0.3, 0.4) is 0 Å². The fourth-order valence-corrected chi connectivity index (χ4v) is 7.34. The van der Waals surface area contributed by atoms with Gasteiger partial charge in [-0.1, -0.05) is 24.3 Å². The van der Waals surface area contributed by atoms with Crippen LogP contribution in [0.5, 0.6) is 5.75 Å². The van der Waals surface area contributed by atoms with Gasteiger partial charge in [-0.25, -0.2) is 0 Å². The van der Waals surface area contributed by atoms with Crippen molar-refractivity contribution in [2.24, 2.45) is 11.8 Å². The van der Waals surface area contributed by atoms with Crippen LogP contribution < -0.4 is 15.0 Å². The number of anilines is 1. The molecule has 9 nitrogen and oxygen atoms in total. The molecular formula is C39H54N4O5. The molecule has 5 rings (SSSR count). The van der Waals surface area contributed by atoms with Crippen LogP contribution in [0, 0.1) is 18.8 Å². The first-order chi connectivity index (χ1) is 23.2. The molecule has 2 N–H and O–H groups in total. The maximum Gasteiger partial charge on any atom is 0.246 e. The first-order valence-corrected chi connectivity index (χ1v) is 17.8. The van der Waals surface area contributed by atoms with Crippen LogP contribution in [-0.2, 0) is 14.3 Å². The normalized spacial score (nSPS) is 21.2. The molecule has 0 aliphatic heterocycles. The number of nitrogens with zero attached hydrogens (tertiary/aromatic N) is 3. The lowest BCUT2D eigenvalue weighted by atomic mass is 9.78. The predicted molar refractivity (Wildman–Crippen MR) is 189 cm³/mol. The quantitative estimate of drug-likeness (QED) is 0.184. The molecule has 2 saturated carbocycles. The molecule has 0 radical (unpaired) electrons. The minimum Gasteiger partial charge on any atom is -0.496 e. The van der Waals surface area contributed by atoms with Crippen LogP contribution in [0.2, 0.25) is 0 Å². The van der Waals surface area contributed by atoms with Gasteiger partial charge in [0.1, 0.15) is 12.4 Å². The zero-order valence-corrected chi connectivity index (χ0v) is 29.2. The predicted octanol–water partition coefficient (Wildman–Crippen LogP) is 6.83. The average Bonchev–Trinajstić information content (AvgIpc) is 3.61. The van der Waals surface area contributed by atoms with E-state index in [2.05, 4.69) is 84.7 Å². The fourth-order valence-electron chi connectivity index (χ4n) is 7.34. The molecular weight excluding hydrogens is 604 g/mol. The molecule has 0 bridgehead atoms. The van der Waals surface area contributed by atoms with E-state index in [1.165, 1.54) is 11.1 Å². The van der Waals surface area contributed by atoms with Gasteiger partial charge >= 0.3 is 0 Å². The van der Waals surface area contributed by atoms with Gasteiger partial charge in [-0.2, -0.15) is 5.10 Å². The molecule has 48 heavy (non-hydrogen) atoms. The number of rotatable bonds is 14. The lowest BCUT2D eigenvalue weighted by Crippen LogP contribution is -2.44. The summed E-state index contributed by atoms with van der Waals surface area (Å²) in [5.41, 5.74) is 5.61. The van der Waals surface area contributed by atoms with Crippen LogP contribution in [-0.4, -0.2) is 66.2 Å². The van der Waals surface area contributed by atoms with Gasteiger partial charge < -0.3 is 24.8 Å². The van der Waals surface area contributed by atoms with E-state index in [1.54, 1.807) is 7.11 Å². The fraction of sp³-hybridized carbons (Fsp3) is 0.564. The van der Waals surface area contributed by atoms with Gasteiger partial charge in [0.05, 0.1) is 13.3 Å². The molecule has 0 spiro atoms. The molecule has 2 fully saturated rings. The second kappa shape index (κ2) is 17.1. The van der Waals surface area contributed by atoms with Gasteiger partial charge in [-0.05, 0) is 125 Å². The number of amides is 2. The number of carbonyl (C=O) groups excluding carboxylic acids is 2. The molecule has 2 aliphatic rings. The first kappa shape index (κ1) is 35.6. The van der Waals surface area contributed by atoms with Crippen LogP contribution >= 0.6 is 0 Å². The third-order valence-electron chi connectivity index (χ3n) is 10.2. The van der Waals surface area contributed by atoms with E-state index in [0.717, 1.165) is 73.9 Å². The van der Waals surface area contributed by atoms with E-state index in [1.807, 2.05) is 10.9 Å². The number of aliphatic hydroxyl groups excluding tert-OH is 1. The number of hydrogen-bond acceptors (Lipinski definition) is 6. The van der Waals surface area contributed by atoms with Gasteiger partial charge in [0.2, 0.25) is 11.8 Å². The van der Waals surface area contributed by atoms with Crippen molar-refractivity contribution in [1.29, 1.82) is 0 Å². The van der Waals surface area contributed by atoms with E-state index >= 15 is 0 Å². The first-order valence-electron chi connectivity index (χ1n) is 17.8. The highest BCUT2D eigenvalue weighted by Crippen LogP contribution is 2.39. The summed E-state index contributed by atoms with van der Waals surface area (Å²) in [4.78, 5) is 28.8. The monoisotopic (exact) mass is 658 g/mol. The summed E-state index contributed by atoms with van der Waals surface area (Å²) >= 11 is 0. The summed E-state index contributed by atoms with van der Waals surface area (Å²) in [7, 11) is 1.72. The molecule has 0 saturated heterocycles. The zero-order valence-electron chi connectivity index (χ0n) is 29.2. The van der Waals surface area contributed by atoms with E-state index in [9.17, 15) is 9.59 Å². The molecule has 3 aromatic rings. The van der Waals surface area contributed by atoms with Crippen molar-refractivity contribution in [2.75, 3.05) is 38.4 Å². The highest BCUT2D eigenvalue weighted by atomic mass is 16.5. The average molecular weight is 659 g/mol. The lowest BCUT2D eigenvalue weighted by molar-refractivity contribution is -0.127. The molecule has 0 atom stereocenters. The van der Waals surface area contributed by atoms with Crippen molar-refractivity contribution in [3.63, 3.8) is 0 Å². The summed E-state index contributed by atoms with van der Waals surface area (Å²) < 4.78 is 12.8. The minimum absolute atomic E-state index is 0.000629. The highest BCUT2D eigenvalue weighted by Gasteiger charge is 2.33. The molecule has 2 aromatic carbocycles. The maximum atomic E-state index is 14.4. The van der Waals surface area contributed by atoms with Crippen molar-refractivity contribution in [2.45, 2.75) is 96.6 Å². The SMILES string of the molecule is COc1ccc([C@H]2CC[C@H](CN(c3cccc(-c4cnn(C(C)C)c4)c3)C(=O)[C@H]3CC[C@H](NC(=O)COCCCO)CC3)CC2)cc1C. The van der Waals surface area contributed by atoms with Crippen molar-refractivity contribution in [3.8, 4) is 16.9 Å². The summed E-state index contributed by atoms with van der Waals surface area (Å²) in [5, 5.41) is 16.5. The Morgan fingerprint density at radius 1 is 1.02 bits per heavy atom. The zero-order chi connectivity index (χ0) is 34.0. The Bertz CT molecular complexity index is 1490.